The molecule has 0 rings (SSSR count). The molecule has 0 bridgehead atoms. The van der Waals surface area contributed by atoms with Gasteiger partial charge in [0.2, 0.25) is 0 Å². The van der Waals surface area contributed by atoms with Crippen LogP contribution in [-0.2, 0) is 13.7 Å². The molecule has 0 aliphatic heterocycles. The summed E-state index contributed by atoms with van der Waals surface area (Å²) in [4.78, 5) is 0. The van der Waals surface area contributed by atoms with Crippen LogP contribution < -0.4 is 5.90 Å². The van der Waals surface area contributed by atoms with E-state index in [0.29, 0.717) is 0 Å². The van der Waals surface area contributed by atoms with E-state index in [1.54, 1.807) is 0 Å². The molecule has 1 unspecified atom stereocenters. The summed E-state index contributed by atoms with van der Waals surface area (Å²) in [6, 6.07) is 0. The molecule has 0 heterocycles. The smallest absolute Gasteiger partial charge is 0.162 e. The Bertz CT molecular complexity index is 94.5. The maximum atomic E-state index is 10.1. The third-order valence-electron chi connectivity index (χ3n) is 0.384. The van der Waals surface area contributed by atoms with Crippen LogP contribution in [-0.4, -0.2) is 6.61 Å². The Morgan fingerprint density at radius 1 is 1.88 bits per heavy atom. The van der Waals surface area contributed by atoms with Gasteiger partial charge in [-0.25, -0.2) is 0 Å². The van der Waals surface area contributed by atoms with E-state index in [-0.39, 0.29) is 6.61 Å². The molecule has 2 N–H and O–H groups in total. The molecule has 0 aromatic heterocycles. The van der Waals surface area contributed by atoms with E-state index >= 15 is 0 Å². The lowest BCUT2D eigenvalue weighted by atomic mass is 10.7. The summed E-state index contributed by atoms with van der Waals surface area (Å²) in [7, 11) is -2.13. The van der Waals surface area contributed by atoms with Crippen LogP contribution in [0.2, 0.25) is 0 Å². The van der Waals surface area contributed by atoms with Crippen LogP contribution in [0.15, 0.2) is 12.7 Å². The Balaban J connectivity index is 3.11. The number of nitrogens with two attached hydrogens (primary N) is 1. The molecule has 0 aliphatic rings. The Morgan fingerprint density at radius 3 is 2.88 bits per heavy atom. The van der Waals surface area contributed by atoms with Crippen molar-refractivity contribution in [2.75, 3.05) is 6.61 Å². The highest BCUT2D eigenvalue weighted by atomic mass is 31.1. The predicted molar refractivity (Wildman–Crippen MR) is 29.0 cm³/mol. The van der Waals surface area contributed by atoms with Crippen molar-refractivity contribution in [1.29, 1.82) is 0 Å². The minimum Gasteiger partial charge on any atom is -0.162 e. The molecule has 0 aromatic rings. The van der Waals surface area contributed by atoms with Gasteiger partial charge in [-0.3, -0.25) is 0 Å². The topological polar surface area (TPSA) is 61.5 Å². The lowest BCUT2D eigenvalue weighted by molar-refractivity contribution is 0.247. The lowest BCUT2D eigenvalue weighted by Gasteiger charge is -1.75. The molecular weight excluding hydrogens is 129 g/mol. The van der Waals surface area contributed by atoms with Crippen molar-refractivity contribution < 1.29 is 13.7 Å². The first-order valence-electron chi connectivity index (χ1n) is 1.89. The summed E-state index contributed by atoms with van der Waals surface area (Å²) in [6.07, 6.45) is 1.45. The quantitative estimate of drug-likeness (QED) is 0.351. The average molecular weight is 136 g/mol. The van der Waals surface area contributed by atoms with Crippen LogP contribution in [0.5, 0.6) is 0 Å². The van der Waals surface area contributed by atoms with Crippen LogP contribution in [0.4, 0.5) is 0 Å². The zero-order valence-electron chi connectivity index (χ0n) is 4.24. The van der Waals surface area contributed by atoms with E-state index in [9.17, 15) is 4.57 Å². The lowest BCUT2D eigenvalue weighted by Crippen LogP contribution is -1.90. The zero-order valence-corrected chi connectivity index (χ0v) is 5.14. The Hall–Kier alpha value is -0.280. The fourth-order valence-electron chi connectivity index (χ4n) is 0.144. The third-order valence-corrected chi connectivity index (χ3v) is 0.916. The first kappa shape index (κ1) is 7.72. The number of hydrogen-bond donors (Lipinski definition) is 1. The molecule has 0 radical (unpaired) electrons. The SMILES string of the molecule is C=CCO[P+](=O)ON. The Morgan fingerprint density at radius 2 is 2.50 bits per heavy atom. The highest BCUT2D eigenvalue weighted by Gasteiger charge is 2.15. The van der Waals surface area contributed by atoms with Crippen LogP contribution in [0.1, 0.15) is 0 Å². The molecule has 46 valence electrons. The average Bonchev–Trinajstić information content (AvgIpc) is 1.83. The highest BCUT2D eigenvalue weighted by Crippen LogP contribution is 2.18. The molecule has 0 spiro atoms. The second-order valence-corrected chi connectivity index (χ2v) is 1.83. The zero-order chi connectivity index (χ0) is 6.41. The highest BCUT2D eigenvalue weighted by molar-refractivity contribution is 7.33. The summed E-state index contributed by atoms with van der Waals surface area (Å²) in [5, 5.41) is 0. The fraction of sp³-hybridized carbons (Fsp3) is 0.333. The standard InChI is InChI=1S/C3H7NO3P/c1-2-3-6-8(5)7-4/h2H,1,3-4H2/q+1. The maximum Gasteiger partial charge on any atom is 0.716 e. The monoisotopic (exact) mass is 136 g/mol. The molecule has 0 saturated heterocycles. The first-order valence-corrected chi connectivity index (χ1v) is 2.98. The minimum absolute atomic E-state index is 0.187. The molecular formula is C3H7NO3P+. The summed E-state index contributed by atoms with van der Waals surface area (Å²) in [5.74, 6) is 4.47. The van der Waals surface area contributed by atoms with Crippen LogP contribution in [0.3, 0.4) is 0 Å². The molecule has 5 heteroatoms. The molecule has 0 aromatic carbocycles. The van der Waals surface area contributed by atoms with Gasteiger partial charge in [-0.05, 0) is 4.62 Å². The van der Waals surface area contributed by atoms with Gasteiger partial charge in [0.25, 0.3) is 0 Å². The van der Waals surface area contributed by atoms with Crippen LogP contribution >= 0.6 is 8.25 Å². The van der Waals surface area contributed by atoms with Gasteiger partial charge in [0.1, 0.15) is 6.61 Å². The molecule has 0 saturated carbocycles. The van der Waals surface area contributed by atoms with Crippen molar-refractivity contribution in [2.24, 2.45) is 5.90 Å². The van der Waals surface area contributed by atoms with Crippen molar-refractivity contribution in [3.63, 3.8) is 0 Å². The molecule has 4 nitrogen and oxygen atoms in total. The van der Waals surface area contributed by atoms with Crippen LogP contribution in [0, 0.1) is 0 Å². The summed E-state index contributed by atoms with van der Waals surface area (Å²) < 4.78 is 18.3. The van der Waals surface area contributed by atoms with Gasteiger partial charge < -0.3 is 0 Å². The first-order chi connectivity index (χ1) is 3.81. The summed E-state index contributed by atoms with van der Waals surface area (Å²) in [6.45, 7) is 3.50. The van der Waals surface area contributed by atoms with E-state index in [1.807, 2.05) is 0 Å². The minimum atomic E-state index is -2.13. The van der Waals surface area contributed by atoms with Gasteiger partial charge in [0.05, 0.1) is 0 Å². The molecule has 0 aliphatic carbocycles. The van der Waals surface area contributed by atoms with E-state index in [4.69, 9.17) is 0 Å². The third kappa shape index (κ3) is 3.89. The predicted octanol–water partition coefficient (Wildman–Crippen LogP) is 0.737. The molecule has 0 amide bonds. The molecule has 1 atom stereocenters. The molecule has 8 heavy (non-hydrogen) atoms. The van der Waals surface area contributed by atoms with Crippen molar-refractivity contribution in [2.45, 2.75) is 0 Å². The van der Waals surface area contributed by atoms with E-state index in [2.05, 4.69) is 21.6 Å². The van der Waals surface area contributed by atoms with Gasteiger partial charge in [0.15, 0.2) is 0 Å². The van der Waals surface area contributed by atoms with Gasteiger partial charge >= 0.3 is 8.25 Å². The second-order valence-electron chi connectivity index (χ2n) is 0.913. The Labute approximate surface area is 48.2 Å². The summed E-state index contributed by atoms with van der Waals surface area (Å²) >= 11 is 0. The molecule has 0 fully saturated rings. The van der Waals surface area contributed by atoms with E-state index < -0.39 is 8.25 Å². The van der Waals surface area contributed by atoms with Crippen molar-refractivity contribution in [1.82, 2.24) is 0 Å². The van der Waals surface area contributed by atoms with Crippen molar-refractivity contribution in [3.8, 4) is 0 Å². The van der Waals surface area contributed by atoms with Crippen molar-refractivity contribution >= 4 is 8.25 Å². The largest absolute Gasteiger partial charge is 0.716 e. The van der Waals surface area contributed by atoms with Crippen LogP contribution in [0.25, 0.3) is 0 Å². The van der Waals surface area contributed by atoms with Gasteiger partial charge in [-0.15, -0.1) is 11.1 Å². The van der Waals surface area contributed by atoms with Crippen molar-refractivity contribution in [3.05, 3.63) is 12.7 Å². The Kier molecular flexibility index (Phi) is 4.70. The van der Waals surface area contributed by atoms with Gasteiger partial charge in [-0.1, -0.05) is 6.08 Å². The number of rotatable bonds is 4. The van der Waals surface area contributed by atoms with E-state index in [1.165, 1.54) is 6.08 Å². The van der Waals surface area contributed by atoms with Gasteiger partial charge in [0, 0.05) is 4.57 Å². The van der Waals surface area contributed by atoms with Gasteiger partial charge in [-0.2, -0.15) is 5.90 Å². The normalized spacial score (nSPS) is 10.9. The van der Waals surface area contributed by atoms with E-state index in [0.717, 1.165) is 0 Å². The fourth-order valence-corrected chi connectivity index (χ4v) is 0.432. The second kappa shape index (κ2) is 4.87. The maximum absolute atomic E-state index is 10.1. The number of hydrogen-bond acceptors (Lipinski definition) is 4. The summed E-state index contributed by atoms with van der Waals surface area (Å²) in [5.41, 5.74) is 0.